The second-order valence-corrected chi connectivity index (χ2v) is 4.42. The molecule has 1 atom stereocenters. The van der Waals surface area contributed by atoms with E-state index >= 15 is 0 Å². The van der Waals surface area contributed by atoms with Crippen molar-refractivity contribution in [3.8, 4) is 5.75 Å². The van der Waals surface area contributed by atoms with E-state index in [0.29, 0.717) is 6.04 Å². The molecule has 0 N–H and O–H groups in total. The maximum atomic E-state index is 5.27. The van der Waals surface area contributed by atoms with Gasteiger partial charge in [-0.05, 0) is 50.1 Å². The molecule has 0 bridgehead atoms. The molecule has 1 aliphatic rings. The lowest BCUT2D eigenvalue weighted by Gasteiger charge is -2.21. The number of benzene rings is 1. The van der Waals surface area contributed by atoms with Crippen LogP contribution in [0.1, 0.15) is 18.1 Å². The molecule has 0 fully saturated rings. The second kappa shape index (κ2) is 4.23. The Bertz CT molecular complexity index is 348. The predicted octanol–water partition coefficient (Wildman–Crippen LogP) is 2.11. The van der Waals surface area contributed by atoms with Crippen LogP contribution in [-0.2, 0) is 12.8 Å². The fraction of sp³-hybridized carbons (Fsp3) is 0.538. The molecular formula is C13H19NO. The van der Waals surface area contributed by atoms with Gasteiger partial charge in [0, 0.05) is 12.6 Å². The molecule has 1 heterocycles. The Morgan fingerprint density at radius 2 is 2.13 bits per heavy atom. The van der Waals surface area contributed by atoms with Gasteiger partial charge in [0.1, 0.15) is 5.75 Å². The third-order valence-corrected chi connectivity index (χ3v) is 3.42. The van der Waals surface area contributed by atoms with E-state index in [9.17, 15) is 0 Å². The first-order valence-electron chi connectivity index (χ1n) is 5.56. The summed E-state index contributed by atoms with van der Waals surface area (Å²) >= 11 is 0. The molecule has 15 heavy (non-hydrogen) atoms. The van der Waals surface area contributed by atoms with Crippen molar-refractivity contribution < 1.29 is 4.74 Å². The maximum Gasteiger partial charge on any atom is 0.119 e. The molecule has 2 heteroatoms. The molecule has 82 valence electrons. The maximum absolute atomic E-state index is 5.27. The minimum atomic E-state index is 0.623. The first-order valence-corrected chi connectivity index (χ1v) is 5.56. The van der Waals surface area contributed by atoms with Crippen molar-refractivity contribution in [3.05, 3.63) is 29.3 Å². The molecule has 0 saturated heterocycles. The van der Waals surface area contributed by atoms with E-state index in [4.69, 9.17) is 4.74 Å². The number of fused-ring (bicyclic) bond motifs is 1. The number of methoxy groups -OCH3 is 1. The van der Waals surface area contributed by atoms with Gasteiger partial charge >= 0.3 is 0 Å². The van der Waals surface area contributed by atoms with Crippen LogP contribution in [0.2, 0.25) is 0 Å². The number of nitrogens with zero attached hydrogens (tertiary/aromatic N) is 1. The molecule has 0 amide bonds. The second-order valence-electron chi connectivity index (χ2n) is 4.42. The Balaban J connectivity index is 2.31. The third-order valence-electron chi connectivity index (χ3n) is 3.42. The molecule has 1 aromatic rings. The van der Waals surface area contributed by atoms with Gasteiger partial charge in [0.05, 0.1) is 7.11 Å². The van der Waals surface area contributed by atoms with Crippen LogP contribution in [-0.4, -0.2) is 31.6 Å². The highest BCUT2D eigenvalue weighted by molar-refractivity contribution is 5.37. The summed E-state index contributed by atoms with van der Waals surface area (Å²) in [5.41, 5.74) is 2.93. The number of likely N-dealkylation sites (N-methyl/N-ethyl adjacent to an activating group) is 1. The Hall–Kier alpha value is -1.02. The monoisotopic (exact) mass is 205 g/mol. The smallest absolute Gasteiger partial charge is 0.119 e. The summed E-state index contributed by atoms with van der Waals surface area (Å²) in [5, 5.41) is 0. The molecule has 0 aromatic heterocycles. The van der Waals surface area contributed by atoms with E-state index in [1.54, 1.807) is 7.11 Å². The van der Waals surface area contributed by atoms with Gasteiger partial charge in [0.2, 0.25) is 0 Å². The van der Waals surface area contributed by atoms with Crippen LogP contribution in [0.15, 0.2) is 18.2 Å². The lowest BCUT2D eigenvalue weighted by molar-refractivity contribution is 0.268. The van der Waals surface area contributed by atoms with Gasteiger partial charge in [0.25, 0.3) is 0 Å². The Morgan fingerprint density at radius 3 is 2.87 bits per heavy atom. The quantitative estimate of drug-likeness (QED) is 0.696. The van der Waals surface area contributed by atoms with Crippen molar-refractivity contribution in [2.24, 2.45) is 0 Å². The van der Waals surface area contributed by atoms with Crippen LogP contribution in [0.5, 0.6) is 5.75 Å². The van der Waals surface area contributed by atoms with Crippen LogP contribution in [0.3, 0.4) is 0 Å². The van der Waals surface area contributed by atoms with E-state index in [0.717, 1.165) is 25.1 Å². The summed E-state index contributed by atoms with van der Waals surface area (Å²) in [5.74, 6) is 0.977. The zero-order valence-electron chi connectivity index (χ0n) is 9.79. The number of ether oxygens (including phenoxy) is 1. The summed E-state index contributed by atoms with van der Waals surface area (Å²) in [6, 6.07) is 7.08. The van der Waals surface area contributed by atoms with Crippen LogP contribution >= 0.6 is 0 Å². The average molecular weight is 205 g/mol. The van der Waals surface area contributed by atoms with Crippen molar-refractivity contribution >= 4 is 0 Å². The fourth-order valence-electron chi connectivity index (χ4n) is 2.15. The summed E-state index contributed by atoms with van der Waals surface area (Å²) in [4.78, 5) is 2.42. The molecule has 0 spiro atoms. The van der Waals surface area contributed by atoms with Gasteiger partial charge < -0.3 is 9.64 Å². The standard InChI is InChI=1S/C13H19NO/c1-10-8-12-9-13(15-3)5-4-11(12)6-7-14(10)2/h4-5,9-10H,6-8H2,1-3H3. The van der Waals surface area contributed by atoms with Crippen molar-refractivity contribution in [3.63, 3.8) is 0 Å². The highest BCUT2D eigenvalue weighted by atomic mass is 16.5. The van der Waals surface area contributed by atoms with E-state index in [1.807, 2.05) is 0 Å². The molecule has 2 nitrogen and oxygen atoms in total. The minimum absolute atomic E-state index is 0.623. The van der Waals surface area contributed by atoms with E-state index < -0.39 is 0 Å². The summed E-state index contributed by atoms with van der Waals surface area (Å²) < 4.78 is 5.27. The largest absolute Gasteiger partial charge is 0.497 e. The van der Waals surface area contributed by atoms with Gasteiger partial charge in [-0.15, -0.1) is 0 Å². The van der Waals surface area contributed by atoms with Gasteiger partial charge in [0.15, 0.2) is 0 Å². The summed E-state index contributed by atoms with van der Waals surface area (Å²) in [6.07, 6.45) is 2.28. The van der Waals surface area contributed by atoms with Gasteiger partial charge in [-0.3, -0.25) is 0 Å². The highest BCUT2D eigenvalue weighted by Crippen LogP contribution is 2.23. The Kier molecular flexibility index (Phi) is 2.96. The average Bonchev–Trinajstić information content (AvgIpc) is 2.39. The van der Waals surface area contributed by atoms with Crippen LogP contribution in [0, 0.1) is 0 Å². The van der Waals surface area contributed by atoms with Crippen LogP contribution in [0.4, 0.5) is 0 Å². The molecule has 1 aromatic carbocycles. The van der Waals surface area contributed by atoms with E-state index in [-0.39, 0.29) is 0 Å². The molecule has 0 radical (unpaired) electrons. The molecular weight excluding hydrogens is 186 g/mol. The zero-order chi connectivity index (χ0) is 10.8. The summed E-state index contributed by atoms with van der Waals surface area (Å²) in [7, 11) is 3.93. The normalized spacial score (nSPS) is 21.9. The van der Waals surface area contributed by atoms with E-state index in [2.05, 4.69) is 37.1 Å². The number of hydrogen-bond donors (Lipinski definition) is 0. The van der Waals surface area contributed by atoms with Crippen molar-refractivity contribution in [1.29, 1.82) is 0 Å². The molecule has 0 saturated carbocycles. The van der Waals surface area contributed by atoms with Crippen LogP contribution < -0.4 is 4.74 Å². The number of hydrogen-bond acceptors (Lipinski definition) is 2. The fourth-order valence-corrected chi connectivity index (χ4v) is 2.15. The Morgan fingerprint density at radius 1 is 1.33 bits per heavy atom. The molecule has 2 rings (SSSR count). The van der Waals surface area contributed by atoms with Crippen LogP contribution in [0.25, 0.3) is 0 Å². The first kappa shape index (κ1) is 10.5. The molecule has 1 aliphatic heterocycles. The van der Waals surface area contributed by atoms with Gasteiger partial charge in [-0.25, -0.2) is 0 Å². The van der Waals surface area contributed by atoms with Crippen molar-refractivity contribution in [1.82, 2.24) is 4.90 Å². The minimum Gasteiger partial charge on any atom is -0.497 e. The lowest BCUT2D eigenvalue weighted by Crippen LogP contribution is -2.30. The van der Waals surface area contributed by atoms with Gasteiger partial charge in [-0.1, -0.05) is 6.07 Å². The predicted molar refractivity (Wildman–Crippen MR) is 62.5 cm³/mol. The van der Waals surface area contributed by atoms with Crippen molar-refractivity contribution in [2.45, 2.75) is 25.8 Å². The SMILES string of the molecule is COc1ccc2c(c1)CC(C)N(C)CC2. The highest BCUT2D eigenvalue weighted by Gasteiger charge is 2.17. The first-order chi connectivity index (χ1) is 7.20. The number of rotatable bonds is 1. The topological polar surface area (TPSA) is 12.5 Å². The van der Waals surface area contributed by atoms with Crippen molar-refractivity contribution in [2.75, 3.05) is 20.7 Å². The molecule has 1 unspecified atom stereocenters. The lowest BCUT2D eigenvalue weighted by atomic mass is 10.0. The van der Waals surface area contributed by atoms with E-state index in [1.165, 1.54) is 11.1 Å². The van der Waals surface area contributed by atoms with Gasteiger partial charge in [-0.2, -0.15) is 0 Å². The third kappa shape index (κ3) is 2.15. The zero-order valence-corrected chi connectivity index (χ0v) is 9.79. The summed E-state index contributed by atoms with van der Waals surface area (Å²) in [6.45, 7) is 3.44. The molecule has 0 aliphatic carbocycles. The Labute approximate surface area is 91.9 Å².